The highest BCUT2D eigenvalue weighted by molar-refractivity contribution is 5.83. The molecule has 3 heterocycles. The van der Waals surface area contributed by atoms with Crippen LogP contribution in [0.1, 0.15) is 0 Å². The van der Waals surface area contributed by atoms with Crippen molar-refractivity contribution in [3.63, 3.8) is 0 Å². The Kier molecular flexibility index (Phi) is 4.20. The van der Waals surface area contributed by atoms with Crippen molar-refractivity contribution in [3.05, 3.63) is 60.2 Å². The van der Waals surface area contributed by atoms with Crippen LogP contribution in [0.4, 0.5) is 8.78 Å². The van der Waals surface area contributed by atoms with Gasteiger partial charge >= 0.3 is 0 Å². The quantitative estimate of drug-likeness (QED) is 0.466. The van der Waals surface area contributed by atoms with Crippen LogP contribution in [0.3, 0.4) is 0 Å². The van der Waals surface area contributed by atoms with Crippen molar-refractivity contribution < 1.29 is 8.78 Å². The molecule has 0 saturated carbocycles. The first-order valence-electron chi connectivity index (χ1n) is 8.60. The Labute approximate surface area is 166 Å². The molecule has 0 saturated heterocycles. The molecule has 3 aromatic heterocycles. The number of aromatic amines is 2. The fourth-order valence-corrected chi connectivity index (χ4v) is 2.89. The minimum atomic E-state index is -0.392. The van der Waals surface area contributed by atoms with Crippen molar-refractivity contribution in [3.8, 4) is 45.6 Å². The summed E-state index contributed by atoms with van der Waals surface area (Å²) in [5, 5.41) is 27.8. The van der Waals surface area contributed by atoms with E-state index >= 15 is 0 Å². The largest absolute Gasteiger partial charge is 0.240 e. The summed E-state index contributed by atoms with van der Waals surface area (Å²) in [6, 6.07) is 11.5. The summed E-state index contributed by atoms with van der Waals surface area (Å²) >= 11 is 0. The van der Waals surface area contributed by atoms with E-state index in [1.165, 1.54) is 24.3 Å². The zero-order valence-electron chi connectivity index (χ0n) is 15.0. The molecule has 10 nitrogen and oxygen atoms in total. The highest BCUT2D eigenvalue weighted by Gasteiger charge is 2.23. The topological polar surface area (TPSA) is 135 Å². The standard InChI is InChI=1S/C18H10F2N10/c19-11-5-1-9(2-6-11)13-14(10-3-7-12(20)8-4-10)22-16(18-25-29-30-26-18)15(21-13)17-23-27-28-24-17/h1-8H,(H,23,24,27,28)(H,25,26,29,30). The van der Waals surface area contributed by atoms with Crippen LogP contribution < -0.4 is 0 Å². The van der Waals surface area contributed by atoms with Crippen LogP contribution in [0, 0.1) is 11.6 Å². The summed E-state index contributed by atoms with van der Waals surface area (Å²) < 4.78 is 27.0. The average molecular weight is 404 g/mol. The second-order valence-electron chi connectivity index (χ2n) is 6.10. The van der Waals surface area contributed by atoms with Crippen LogP contribution in [-0.2, 0) is 0 Å². The molecule has 30 heavy (non-hydrogen) atoms. The summed E-state index contributed by atoms with van der Waals surface area (Å²) in [5.41, 5.74) is 2.49. The molecule has 0 radical (unpaired) electrons. The van der Waals surface area contributed by atoms with Gasteiger partial charge in [0.05, 0.1) is 11.4 Å². The van der Waals surface area contributed by atoms with Gasteiger partial charge in [-0.2, -0.15) is 10.4 Å². The highest BCUT2D eigenvalue weighted by Crippen LogP contribution is 2.34. The third-order valence-corrected chi connectivity index (χ3v) is 4.25. The number of tetrazole rings is 2. The fourth-order valence-electron chi connectivity index (χ4n) is 2.89. The van der Waals surface area contributed by atoms with Crippen molar-refractivity contribution >= 4 is 0 Å². The maximum Gasteiger partial charge on any atom is 0.225 e. The molecule has 2 aromatic carbocycles. The normalized spacial score (nSPS) is 11.0. The van der Waals surface area contributed by atoms with Gasteiger partial charge in [0.1, 0.15) is 23.0 Å². The number of hydrogen-bond donors (Lipinski definition) is 2. The van der Waals surface area contributed by atoms with Gasteiger partial charge < -0.3 is 0 Å². The molecule has 2 N–H and O–H groups in total. The van der Waals surface area contributed by atoms with E-state index in [1.807, 2.05) is 0 Å². The summed E-state index contributed by atoms with van der Waals surface area (Å²) in [5.74, 6) is -0.457. The summed E-state index contributed by atoms with van der Waals surface area (Å²) in [4.78, 5) is 9.37. The van der Waals surface area contributed by atoms with E-state index in [1.54, 1.807) is 24.3 Å². The van der Waals surface area contributed by atoms with Gasteiger partial charge in [0, 0.05) is 11.1 Å². The lowest BCUT2D eigenvalue weighted by atomic mass is 10.0. The smallest absolute Gasteiger partial charge is 0.225 e. The molecule has 0 unspecified atom stereocenters. The van der Waals surface area contributed by atoms with Crippen molar-refractivity contribution in [1.29, 1.82) is 0 Å². The third-order valence-electron chi connectivity index (χ3n) is 4.25. The van der Waals surface area contributed by atoms with E-state index in [4.69, 9.17) is 0 Å². The van der Waals surface area contributed by atoms with E-state index in [9.17, 15) is 8.78 Å². The average Bonchev–Trinajstić information content (AvgIpc) is 3.49. The van der Waals surface area contributed by atoms with E-state index in [0.717, 1.165) is 0 Å². The minimum absolute atomic E-state index is 0.163. The molecule has 0 bridgehead atoms. The first kappa shape index (κ1) is 17.6. The van der Waals surface area contributed by atoms with Crippen molar-refractivity contribution in [2.45, 2.75) is 0 Å². The van der Waals surface area contributed by atoms with Gasteiger partial charge in [-0.1, -0.05) is 0 Å². The highest BCUT2D eigenvalue weighted by atomic mass is 19.1. The number of benzene rings is 2. The van der Waals surface area contributed by atoms with Crippen LogP contribution in [0.5, 0.6) is 0 Å². The van der Waals surface area contributed by atoms with Gasteiger partial charge in [-0.15, -0.1) is 20.4 Å². The van der Waals surface area contributed by atoms with Gasteiger partial charge in [0.25, 0.3) is 0 Å². The summed E-state index contributed by atoms with van der Waals surface area (Å²) in [7, 11) is 0. The maximum atomic E-state index is 13.5. The third kappa shape index (κ3) is 3.15. The number of H-pyrrole nitrogens is 2. The van der Waals surface area contributed by atoms with Gasteiger partial charge in [0.2, 0.25) is 11.6 Å². The minimum Gasteiger partial charge on any atom is -0.240 e. The van der Waals surface area contributed by atoms with Gasteiger partial charge in [-0.25, -0.2) is 18.7 Å². The SMILES string of the molecule is Fc1ccc(-c2nc(-c3nn[nH]n3)c(-c3nn[nH]n3)nc2-c2ccc(F)cc2)cc1. The maximum absolute atomic E-state index is 13.5. The Morgan fingerprint density at radius 3 is 1.27 bits per heavy atom. The molecule has 5 aromatic rings. The molecule has 0 spiro atoms. The molecule has 0 atom stereocenters. The van der Waals surface area contributed by atoms with Crippen LogP contribution >= 0.6 is 0 Å². The second-order valence-corrected chi connectivity index (χ2v) is 6.10. The molecule has 0 aliphatic heterocycles. The summed E-state index contributed by atoms with van der Waals surface area (Å²) in [6.45, 7) is 0. The monoisotopic (exact) mass is 404 g/mol. The lowest BCUT2D eigenvalue weighted by molar-refractivity contribution is 0.627. The number of hydrogen-bond acceptors (Lipinski definition) is 8. The molecule has 0 aliphatic rings. The van der Waals surface area contributed by atoms with Gasteiger partial charge in [-0.05, 0) is 59.0 Å². The number of nitrogens with one attached hydrogen (secondary N) is 2. The molecule has 146 valence electrons. The van der Waals surface area contributed by atoms with E-state index < -0.39 is 11.6 Å². The van der Waals surface area contributed by atoms with E-state index in [0.29, 0.717) is 22.5 Å². The van der Waals surface area contributed by atoms with Crippen LogP contribution in [0.25, 0.3) is 45.6 Å². The van der Waals surface area contributed by atoms with Crippen LogP contribution in [0.2, 0.25) is 0 Å². The van der Waals surface area contributed by atoms with Crippen LogP contribution in [-0.4, -0.2) is 51.2 Å². The zero-order valence-corrected chi connectivity index (χ0v) is 15.0. The first-order valence-corrected chi connectivity index (χ1v) is 8.60. The number of halogens is 2. The van der Waals surface area contributed by atoms with Gasteiger partial charge in [0.15, 0.2) is 0 Å². The molecular formula is C18H10F2N10. The van der Waals surface area contributed by atoms with Crippen molar-refractivity contribution in [2.75, 3.05) is 0 Å². The molecular weight excluding hydrogens is 394 g/mol. The molecule has 0 amide bonds. The van der Waals surface area contributed by atoms with Crippen molar-refractivity contribution in [1.82, 2.24) is 51.2 Å². The lowest BCUT2D eigenvalue weighted by Gasteiger charge is -2.12. The number of nitrogens with zero attached hydrogens (tertiary/aromatic N) is 8. The Morgan fingerprint density at radius 2 is 0.933 bits per heavy atom. The molecule has 0 aliphatic carbocycles. The second kappa shape index (κ2) is 7.16. The number of rotatable bonds is 4. The molecule has 5 rings (SSSR count). The Hall–Kier alpha value is -4.48. The predicted octanol–water partition coefficient (Wildman–Crippen LogP) is 2.45. The summed E-state index contributed by atoms with van der Waals surface area (Å²) in [6.07, 6.45) is 0. The van der Waals surface area contributed by atoms with Gasteiger partial charge in [-0.3, -0.25) is 0 Å². The Bertz CT molecular complexity index is 1180. The predicted molar refractivity (Wildman–Crippen MR) is 99.2 cm³/mol. The zero-order chi connectivity index (χ0) is 20.5. The Balaban J connectivity index is 1.82. The van der Waals surface area contributed by atoms with Crippen LogP contribution in [0.15, 0.2) is 48.5 Å². The molecule has 12 heteroatoms. The van der Waals surface area contributed by atoms with E-state index in [-0.39, 0.29) is 23.0 Å². The number of aromatic nitrogens is 10. The lowest BCUT2D eigenvalue weighted by Crippen LogP contribution is -2.02. The van der Waals surface area contributed by atoms with Crippen molar-refractivity contribution in [2.24, 2.45) is 0 Å². The van der Waals surface area contributed by atoms with E-state index in [2.05, 4.69) is 51.2 Å². The Morgan fingerprint density at radius 1 is 0.533 bits per heavy atom. The first-order chi connectivity index (χ1) is 14.7. The fraction of sp³-hybridized carbons (Fsp3) is 0. The molecule has 0 fully saturated rings.